The Labute approximate surface area is 170 Å². The van der Waals surface area contributed by atoms with Crippen LogP contribution in [-0.4, -0.2) is 55.6 Å². The van der Waals surface area contributed by atoms with Gasteiger partial charge in [-0.15, -0.1) is 0 Å². The zero-order valence-corrected chi connectivity index (χ0v) is 16.8. The van der Waals surface area contributed by atoms with Crippen molar-refractivity contribution < 1.29 is 18.0 Å². The van der Waals surface area contributed by atoms with E-state index in [-0.39, 0.29) is 35.7 Å². The third-order valence-electron chi connectivity index (χ3n) is 5.23. The molecule has 1 N–H and O–H groups in total. The second-order valence-electron chi connectivity index (χ2n) is 7.35. The molecule has 4 rings (SSSR count). The van der Waals surface area contributed by atoms with Crippen LogP contribution in [0.1, 0.15) is 23.2 Å². The average Bonchev–Trinajstić information content (AvgIpc) is 3.60. The first-order valence-electron chi connectivity index (χ1n) is 9.70. The van der Waals surface area contributed by atoms with Gasteiger partial charge in [0.1, 0.15) is 0 Å². The van der Waals surface area contributed by atoms with Crippen molar-refractivity contribution in [1.82, 2.24) is 9.21 Å². The van der Waals surface area contributed by atoms with Gasteiger partial charge in [-0.05, 0) is 43.2 Å². The summed E-state index contributed by atoms with van der Waals surface area (Å²) >= 11 is 0. The van der Waals surface area contributed by atoms with E-state index in [1.807, 2.05) is 18.2 Å². The highest BCUT2D eigenvalue weighted by molar-refractivity contribution is 7.89. The predicted octanol–water partition coefficient (Wildman–Crippen LogP) is 2.18. The molecule has 0 aromatic heterocycles. The minimum Gasteiger partial charge on any atom is -0.336 e. The summed E-state index contributed by atoms with van der Waals surface area (Å²) in [4.78, 5) is 26.3. The topological polar surface area (TPSA) is 86.8 Å². The van der Waals surface area contributed by atoms with E-state index in [0.29, 0.717) is 24.3 Å². The minimum atomic E-state index is -3.69. The standard InChI is InChI=1S/C21H23N3O4S/c25-20(16-9-10-16)22-18-7-4-8-19(15-18)29(27,28)24-13-11-23(12-14-24)21(26)17-5-2-1-3-6-17/h1-8,15-16H,9-14H2,(H,22,25). The Morgan fingerprint density at radius 1 is 0.897 bits per heavy atom. The number of piperazine rings is 1. The molecule has 2 amide bonds. The van der Waals surface area contributed by atoms with Gasteiger partial charge < -0.3 is 10.2 Å². The predicted molar refractivity (Wildman–Crippen MR) is 109 cm³/mol. The monoisotopic (exact) mass is 413 g/mol. The summed E-state index contributed by atoms with van der Waals surface area (Å²) in [7, 11) is -3.69. The lowest BCUT2D eigenvalue weighted by atomic mass is 10.2. The van der Waals surface area contributed by atoms with Crippen LogP contribution in [0.3, 0.4) is 0 Å². The van der Waals surface area contributed by atoms with Crippen LogP contribution in [0.25, 0.3) is 0 Å². The van der Waals surface area contributed by atoms with Crippen LogP contribution < -0.4 is 5.32 Å². The highest BCUT2D eigenvalue weighted by Crippen LogP contribution is 2.30. The van der Waals surface area contributed by atoms with Gasteiger partial charge in [-0.2, -0.15) is 4.31 Å². The number of anilines is 1. The molecule has 152 valence electrons. The molecule has 2 fully saturated rings. The van der Waals surface area contributed by atoms with E-state index >= 15 is 0 Å². The summed E-state index contributed by atoms with van der Waals surface area (Å²) in [6.45, 7) is 1.15. The Morgan fingerprint density at radius 3 is 2.24 bits per heavy atom. The van der Waals surface area contributed by atoms with Crippen molar-refractivity contribution in [3.63, 3.8) is 0 Å². The van der Waals surface area contributed by atoms with Gasteiger partial charge in [0, 0.05) is 43.3 Å². The molecule has 1 saturated heterocycles. The number of nitrogens with zero attached hydrogens (tertiary/aromatic N) is 2. The first-order valence-corrected chi connectivity index (χ1v) is 11.1. The zero-order chi connectivity index (χ0) is 20.4. The fourth-order valence-electron chi connectivity index (χ4n) is 3.37. The molecule has 8 heteroatoms. The molecule has 0 bridgehead atoms. The number of hydrogen-bond acceptors (Lipinski definition) is 4. The number of amides is 2. The average molecular weight is 413 g/mol. The summed E-state index contributed by atoms with van der Waals surface area (Å²) in [6.07, 6.45) is 1.77. The molecule has 1 heterocycles. The van der Waals surface area contributed by atoms with Crippen molar-refractivity contribution >= 4 is 27.5 Å². The first-order chi connectivity index (χ1) is 13.9. The molecular weight excluding hydrogens is 390 g/mol. The van der Waals surface area contributed by atoms with Crippen LogP contribution in [0.4, 0.5) is 5.69 Å². The lowest BCUT2D eigenvalue weighted by Gasteiger charge is -2.34. The molecule has 29 heavy (non-hydrogen) atoms. The highest BCUT2D eigenvalue weighted by Gasteiger charge is 2.32. The summed E-state index contributed by atoms with van der Waals surface area (Å²) in [5.74, 6) is -0.106. The van der Waals surface area contributed by atoms with Crippen molar-refractivity contribution in [2.45, 2.75) is 17.7 Å². The van der Waals surface area contributed by atoms with E-state index in [0.717, 1.165) is 12.8 Å². The third kappa shape index (κ3) is 4.33. The number of carbonyl (C=O) groups is 2. The SMILES string of the molecule is O=C(Nc1cccc(S(=O)(=O)N2CCN(C(=O)c3ccccc3)CC2)c1)C1CC1. The molecule has 2 aromatic rings. The molecule has 0 spiro atoms. The van der Waals surface area contributed by atoms with Crippen molar-refractivity contribution in [3.8, 4) is 0 Å². The molecular formula is C21H23N3O4S. The molecule has 1 aliphatic carbocycles. The fourth-order valence-corrected chi connectivity index (χ4v) is 4.84. The van der Waals surface area contributed by atoms with Gasteiger partial charge in [-0.25, -0.2) is 8.42 Å². The van der Waals surface area contributed by atoms with E-state index in [4.69, 9.17) is 0 Å². The molecule has 0 radical (unpaired) electrons. The van der Waals surface area contributed by atoms with E-state index in [9.17, 15) is 18.0 Å². The van der Waals surface area contributed by atoms with Crippen LogP contribution in [0.2, 0.25) is 0 Å². The van der Waals surface area contributed by atoms with Crippen molar-refractivity contribution in [1.29, 1.82) is 0 Å². The zero-order valence-electron chi connectivity index (χ0n) is 16.0. The van der Waals surface area contributed by atoms with Gasteiger partial charge in [0.25, 0.3) is 5.91 Å². The molecule has 2 aromatic carbocycles. The summed E-state index contributed by atoms with van der Waals surface area (Å²) < 4.78 is 27.4. The Balaban J connectivity index is 1.42. The molecule has 1 aliphatic heterocycles. The quantitative estimate of drug-likeness (QED) is 0.814. The Bertz CT molecular complexity index is 1010. The number of hydrogen-bond donors (Lipinski definition) is 1. The van der Waals surface area contributed by atoms with Gasteiger partial charge in [-0.3, -0.25) is 9.59 Å². The van der Waals surface area contributed by atoms with Crippen LogP contribution in [-0.2, 0) is 14.8 Å². The maximum Gasteiger partial charge on any atom is 0.253 e. The number of carbonyl (C=O) groups excluding carboxylic acids is 2. The largest absolute Gasteiger partial charge is 0.336 e. The van der Waals surface area contributed by atoms with Crippen molar-refractivity contribution in [2.75, 3.05) is 31.5 Å². The fraction of sp³-hybridized carbons (Fsp3) is 0.333. The Kier molecular flexibility index (Phi) is 5.38. The second-order valence-corrected chi connectivity index (χ2v) is 9.29. The van der Waals surface area contributed by atoms with Crippen molar-refractivity contribution in [3.05, 3.63) is 60.2 Å². The van der Waals surface area contributed by atoms with E-state index in [2.05, 4.69) is 5.32 Å². The highest BCUT2D eigenvalue weighted by atomic mass is 32.2. The van der Waals surface area contributed by atoms with Gasteiger partial charge >= 0.3 is 0 Å². The first kappa shape index (κ1) is 19.6. The molecule has 0 atom stereocenters. The summed E-state index contributed by atoms with van der Waals surface area (Å²) in [5.41, 5.74) is 1.09. The number of benzene rings is 2. The van der Waals surface area contributed by atoms with E-state index in [1.54, 1.807) is 29.2 Å². The smallest absolute Gasteiger partial charge is 0.253 e. The molecule has 2 aliphatic rings. The van der Waals surface area contributed by atoms with Crippen LogP contribution in [0.5, 0.6) is 0 Å². The van der Waals surface area contributed by atoms with Crippen LogP contribution in [0, 0.1) is 5.92 Å². The van der Waals surface area contributed by atoms with Gasteiger partial charge in [0.15, 0.2) is 0 Å². The van der Waals surface area contributed by atoms with Crippen LogP contribution >= 0.6 is 0 Å². The Hall–Kier alpha value is -2.71. The summed E-state index contributed by atoms with van der Waals surface area (Å²) in [5, 5.41) is 2.78. The van der Waals surface area contributed by atoms with Crippen LogP contribution in [0.15, 0.2) is 59.5 Å². The van der Waals surface area contributed by atoms with Crippen molar-refractivity contribution in [2.24, 2.45) is 5.92 Å². The second kappa shape index (κ2) is 7.96. The minimum absolute atomic E-state index is 0.0468. The normalized spacial score (nSPS) is 17.7. The lowest BCUT2D eigenvalue weighted by Crippen LogP contribution is -2.50. The lowest BCUT2D eigenvalue weighted by molar-refractivity contribution is -0.117. The van der Waals surface area contributed by atoms with Gasteiger partial charge in [-0.1, -0.05) is 24.3 Å². The van der Waals surface area contributed by atoms with Gasteiger partial charge in [0.05, 0.1) is 4.90 Å². The van der Waals surface area contributed by atoms with E-state index in [1.165, 1.54) is 16.4 Å². The molecule has 0 unspecified atom stereocenters. The van der Waals surface area contributed by atoms with E-state index < -0.39 is 10.0 Å². The number of nitrogens with one attached hydrogen (secondary N) is 1. The Morgan fingerprint density at radius 2 is 1.59 bits per heavy atom. The summed E-state index contributed by atoms with van der Waals surface area (Å²) in [6, 6.07) is 15.3. The molecule has 7 nitrogen and oxygen atoms in total. The third-order valence-corrected chi connectivity index (χ3v) is 7.13. The number of rotatable bonds is 5. The van der Waals surface area contributed by atoms with Gasteiger partial charge in [0.2, 0.25) is 15.9 Å². The molecule has 1 saturated carbocycles. The maximum atomic E-state index is 13.0. The maximum absolute atomic E-state index is 13.0. The number of sulfonamides is 1.